The molecule has 0 aliphatic heterocycles. The van der Waals surface area contributed by atoms with Crippen molar-refractivity contribution in [2.45, 2.75) is 28.9 Å². The van der Waals surface area contributed by atoms with Crippen molar-refractivity contribution in [3.05, 3.63) is 48.0 Å². The first-order valence-electron chi connectivity index (χ1n) is 7.58. The summed E-state index contributed by atoms with van der Waals surface area (Å²) in [6.07, 6.45) is 2.05. The number of aromatic nitrogens is 1. The number of rotatable bonds is 5. The molecule has 1 amide bonds. The van der Waals surface area contributed by atoms with E-state index in [-0.39, 0.29) is 5.91 Å². The summed E-state index contributed by atoms with van der Waals surface area (Å²) in [4.78, 5) is 19.2. The molecular formula is C18H18N2OS3. The van der Waals surface area contributed by atoms with Crippen molar-refractivity contribution in [1.29, 1.82) is 0 Å². The smallest absolute Gasteiger partial charge is 0.257 e. The number of nitrogens with zero attached hydrogens (tertiary/aromatic N) is 1. The molecule has 1 aromatic heterocycles. The Balaban J connectivity index is 1.74. The van der Waals surface area contributed by atoms with E-state index in [4.69, 9.17) is 0 Å². The molecule has 6 heteroatoms. The molecule has 1 heterocycles. The number of anilines is 1. The molecule has 0 bridgehead atoms. The molecule has 24 heavy (non-hydrogen) atoms. The van der Waals surface area contributed by atoms with Crippen LogP contribution < -0.4 is 5.32 Å². The molecule has 0 radical (unpaired) electrons. The molecule has 0 fully saturated rings. The average molecular weight is 375 g/mol. The molecule has 3 aromatic rings. The van der Waals surface area contributed by atoms with Crippen LogP contribution in [0.4, 0.5) is 5.13 Å². The molecule has 0 unspecified atom stereocenters. The van der Waals surface area contributed by atoms with Gasteiger partial charge >= 0.3 is 0 Å². The summed E-state index contributed by atoms with van der Waals surface area (Å²) in [5.74, 6) is -0.125. The van der Waals surface area contributed by atoms with Crippen molar-refractivity contribution in [3.8, 4) is 0 Å². The highest BCUT2D eigenvalue weighted by Crippen LogP contribution is 2.30. The van der Waals surface area contributed by atoms with Gasteiger partial charge < -0.3 is 0 Å². The molecule has 124 valence electrons. The minimum Gasteiger partial charge on any atom is -0.298 e. The van der Waals surface area contributed by atoms with Gasteiger partial charge in [-0.3, -0.25) is 10.1 Å². The lowest BCUT2D eigenvalue weighted by Gasteiger charge is -2.06. The van der Waals surface area contributed by atoms with Crippen LogP contribution in [0.15, 0.2) is 52.3 Å². The van der Waals surface area contributed by atoms with Crippen LogP contribution in [0, 0.1) is 0 Å². The monoisotopic (exact) mass is 374 g/mol. The first-order chi connectivity index (χ1) is 11.5. The minimum absolute atomic E-state index is 0.125. The first-order valence-corrected chi connectivity index (χ1v) is 10.5. The normalized spacial score (nSPS) is 11.2. The van der Waals surface area contributed by atoms with Crippen LogP contribution in [0.25, 0.3) is 10.2 Å². The van der Waals surface area contributed by atoms with Crippen LogP contribution in [0.5, 0.6) is 0 Å². The molecule has 1 N–H and O–H groups in total. The average Bonchev–Trinajstić information content (AvgIpc) is 2.96. The molecule has 0 spiro atoms. The highest BCUT2D eigenvalue weighted by Gasteiger charge is 2.10. The fourth-order valence-corrected chi connectivity index (χ4v) is 4.46. The summed E-state index contributed by atoms with van der Waals surface area (Å²) in [6.45, 7) is 4.31. The van der Waals surface area contributed by atoms with Gasteiger partial charge in [-0.15, -0.1) is 23.5 Å². The number of hydrogen-bond donors (Lipinski definition) is 1. The summed E-state index contributed by atoms with van der Waals surface area (Å²) in [6, 6.07) is 13.8. The molecule has 3 nitrogen and oxygen atoms in total. The van der Waals surface area contributed by atoms with Crippen molar-refractivity contribution in [3.63, 3.8) is 0 Å². The Morgan fingerprint density at radius 2 is 1.83 bits per heavy atom. The topological polar surface area (TPSA) is 42.0 Å². The number of benzene rings is 2. The number of carbonyl (C=O) groups excluding carboxylic acids is 1. The van der Waals surface area contributed by atoms with E-state index in [0.717, 1.165) is 10.2 Å². The van der Waals surface area contributed by atoms with Crippen LogP contribution in [0.1, 0.15) is 24.2 Å². The predicted molar refractivity (Wildman–Crippen MR) is 107 cm³/mol. The van der Waals surface area contributed by atoms with E-state index < -0.39 is 0 Å². The number of carbonyl (C=O) groups is 1. The van der Waals surface area contributed by atoms with Gasteiger partial charge in [-0.2, -0.15) is 0 Å². The van der Waals surface area contributed by atoms with Gasteiger partial charge in [-0.25, -0.2) is 4.98 Å². The molecule has 0 atom stereocenters. The van der Waals surface area contributed by atoms with Crippen molar-refractivity contribution in [2.24, 2.45) is 0 Å². The van der Waals surface area contributed by atoms with Crippen molar-refractivity contribution < 1.29 is 4.79 Å². The maximum Gasteiger partial charge on any atom is 0.257 e. The number of thioether (sulfide) groups is 2. The Morgan fingerprint density at radius 1 is 1.12 bits per heavy atom. The third kappa shape index (κ3) is 4.12. The summed E-state index contributed by atoms with van der Waals surface area (Å²) >= 11 is 4.98. The lowest BCUT2D eigenvalue weighted by atomic mass is 10.2. The predicted octanol–water partition coefficient (Wildman–Crippen LogP) is 5.77. The Hall–Kier alpha value is -1.50. The molecule has 0 saturated heterocycles. The van der Waals surface area contributed by atoms with Crippen LogP contribution in [-0.2, 0) is 0 Å². The molecule has 0 aliphatic carbocycles. The Kier molecular flexibility index (Phi) is 5.48. The highest BCUT2D eigenvalue weighted by atomic mass is 32.2. The molecule has 0 saturated carbocycles. The third-order valence-corrected chi connectivity index (χ3v) is 5.98. The second-order valence-corrected chi connectivity index (χ2v) is 9.06. The van der Waals surface area contributed by atoms with Crippen LogP contribution in [0.3, 0.4) is 0 Å². The van der Waals surface area contributed by atoms with E-state index in [1.165, 1.54) is 21.1 Å². The van der Waals surface area contributed by atoms with Gasteiger partial charge in [0.15, 0.2) is 5.13 Å². The zero-order valence-electron chi connectivity index (χ0n) is 13.7. The summed E-state index contributed by atoms with van der Waals surface area (Å²) in [5, 5.41) is 4.06. The standard InChI is InChI=1S/C18H18N2OS3/c1-11(2)23-13-6-4-12(5-7-13)17(21)20-18-19-15-9-8-14(22-3)10-16(15)24-18/h4-11H,1-3H3,(H,19,20,21). The minimum atomic E-state index is -0.125. The lowest BCUT2D eigenvalue weighted by Crippen LogP contribution is -2.11. The Labute approximate surface area is 154 Å². The van der Waals surface area contributed by atoms with Crippen LogP contribution in [-0.4, -0.2) is 22.4 Å². The summed E-state index contributed by atoms with van der Waals surface area (Å²) in [7, 11) is 0. The van der Waals surface area contributed by atoms with Gasteiger partial charge in [-0.05, 0) is 48.7 Å². The quantitative estimate of drug-likeness (QED) is 0.576. The van der Waals surface area contributed by atoms with Crippen molar-refractivity contribution in [1.82, 2.24) is 4.98 Å². The SMILES string of the molecule is CSc1ccc2nc(NC(=O)c3ccc(SC(C)C)cc3)sc2c1. The molecular weight excluding hydrogens is 356 g/mol. The summed E-state index contributed by atoms with van der Waals surface area (Å²) in [5.41, 5.74) is 1.56. The molecule has 0 aliphatic rings. The van der Waals surface area contributed by atoms with Gasteiger partial charge in [0, 0.05) is 20.6 Å². The van der Waals surface area contributed by atoms with Crippen LogP contribution >= 0.6 is 34.9 Å². The maximum absolute atomic E-state index is 12.4. The molecule has 3 rings (SSSR count). The zero-order chi connectivity index (χ0) is 17.1. The van der Waals surface area contributed by atoms with Gasteiger partial charge in [0.1, 0.15) is 0 Å². The van der Waals surface area contributed by atoms with E-state index in [2.05, 4.69) is 30.2 Å². The third-order valence-electron chi connectivity index (χ3n) is 3.30. The first kappa shape index (κ1) is 17.3. The van der Waals surface area contributed by atoms with Gasteiger partial charge in [0.05, 0.1) is 10.2 Å². The Bertz CT molecular complexity index is 856. The van der Waals surface area contributed by atoms with Gasteiger partial charge in [0.2, 0.25) is 0 Å². The van der Waals surface area contributed by atoms with E-state index in [9.17, 15) is 4.79 Å². The van der Waals surface area contributed by atoms with Gasteiger partial charge in [0.25, 0.3) is 5.91 Å². The van der Waals surface area contributed by atoms with Crippen LogP contribution in [0.2, 0.25) is 0 Å². The zero-order valence-corrected chi connectivity index (χ0v) is 16.1. The Morgan fingerprint density at radius 3 is 2.50 bits per heavy atom. The van der Waals surface area contributed by atoms with Gasteiger partial charge in [-0.1, -0.05) is 25.2 Å². The fourth-order valence-electron chi connectivity index (χ4n) is 2.21. The second-order valence-electron chi connectivity index (χ2n) is 5.50. The maximum atomic E-state index is 12.4. The molecule has 2 aromatic carbocycles. The van der Waals surface area contributed by atoms with E-state index in [1.807, 2.05) is 42.7 Å². The van der Waals surface area contributed by atoms with Crippen molar-refractivity contribution in [2.75, 3.05) is 11.6 Å². The van der Waals surface area contributed by atoms with E-state index in [0.29, 0.717) is 15.9 Å². The fraction of sp³-hybridized carbons (Fsp3) is 0.222. The van der Waals surface area contributed by atoms with E-state index >= 15 is 0 Å². The highest BCUT2D eigenvalue weighted by molar-refractivity contribution is 8.00. The van der Waals surface area contributed by atoms with E-state index in [1.54, 1.807) is 23.5 Å². The number of fused-ring (bicyclic) bond motifs is 1. The summed E-state index contributed by atoms with van der Waals surface area (Å²) < 4.78 is 1.08. The number of amides is 1. The largest absolute Gasteiger partial charge is 0.298 e. The number of nitrogens with one attached hydrogen (secondary N) is 1. The lowest BCUT2D eigenvalue weighted by molar-refractivity contribution is 0.102. The van der Waals surface area contributed by atoms with Crippen molar-refractivity contribution >= 4 is 56.1 Å². The second kappa shape index (κ2) is 7.59. The number of hydrogen-bond acceptors (Lipinski definition) is 5. The number of thiazole rings is 1.